The molecular weight excluding hydrogens is 286 g/mol. The van der Waals surface area contributed by atoms with Crippen molar-refractivity contribution in [2.45, 2.75) is 0 Å². The number of aromatic carboxylic acids is 1. The minimum Gasteiger partial charge on any atom is -0.478 e. The predicted octanol–water partition coefficient (Wildman–Crippen LogP) is 2.70. The minimum absolute atomic E-state index is 0.288. The summed E-state index contributed by atoms with van der Waals surface area (Å²) < 4.78 is 1.23. The highest BCUT2D eigenvalue weighted by Gasteiger charge is 2.11. The van der Waals surface area contributed by atoms with Crippen LogP contribution in [0.2, 0.25) is 4.34 Å². The van der Waals surface area contributed by atoms with Gasteiger partial charge in [-0.1, -0.05) is 11.6 Å². The number of carboxylic acid groups (broad SMARTS) is 1. The molecule has 0 fully saturated rings. The van der Waals surface area contributed by atoms with Crippen molar-refractivity contribution in [1.29, 1.82) is 0 Å². The summed E-state index contributed by atoms with van der Waals surface area (Å²) in [6, 6.07) is 1.45. The van der Waals surface area contributed by atoms with E-state index in [1.165, 1.54) is 17.4 Å². The fraction of sp³-hybridized carbons (Fsp3) is 0. The third kappa shape index (κ3) is 1.62. The zero-order chi connectivity index (χ0) is 7.72. The van der Waals surface area contributed by atoms with Crippen LogP contribution in [0.1, 0.15) is 10.4 Å². The fourth-order valence-electron chi connectivity index (χ4n) is 0.486. The number of carboxylic acids is 1. The van der Waals surface area contributed by atoms with Gasteiger partial charge in [0.2, 0.25) is 0 Å². The van der Waals surface area contributed by atoms with Gasteiger partial charge in [0.05, 0.1) is 12.8 Å². The molecule has 0 spiro atoms. The van der Waals surface area contributed by atoms with Gasteiger partial charge >= 0.3 is 5.97 Å². The summed E-state index contributed by atoms with van der Waals surface area (Å²) in [5.41, 5.74) is 0.288. The van der Waals surface area contributed by atoms with Crippen LogP contribution in [0.4, 0.5) is 0 Å². The first-order valence-electron chi connectivity index (χ1n) is 2.29. The van der Waals surface area contributed by atoms with E-state index in [-0.39, 0.29) is 5.56 Å². The summed E-state index contributed by atoms with van der Waals surface area (Å²) in [6.45, 7) is 0. The number of hydrogen-bond donors (Lipinski definition) is 1. The van der Waals surface area contributed by atoms with Gasteiger partial charge in [-0.2, -0.15) is 0 Å². The first-order valence-corrected chi connectivity index (χ1v) is 4.56. The molecule has 54 valence electrons. The molecule has 1 N–H and O–H groups in total. The normalized spacial score (nSPS) is 9.80. The van der Waals surface area contributed by atoms with Gasteiger partial charge < -0.3 is 5.11 Å². The van der Waals surface area contributed by atoms with Gasteiger partial charge in [0, 0.05) is 0 Å². The van der Waals surface area contributed by atoms with Crippen LogP contribution >= 0.6 is 45.5 Å². The Morgan fingerprint density at radius 2 is 2.40 bits per heavy atom. The topological polar surface area (TPSA) is 37.3 Å². The Kier molecular flexibility index (Phi) is 2.54. The molecule has 2 nitrogen and oxygen atoms in total. The van der Waals surface area contributed by atoms with Crippen molar-refractivity contribution in [3.63, 3.8) is 0 Å². The molecular formula is C5H2ClIO2S. The van der Waals surface area contributed by atoms with Gasteiger partial charge in [-0.3, -0.25) is 0 Å². The van der Waals surface area contributed by atoms with Crippen molar-refractivity contribution in [2.75, 3.05) is 0 Å². The SMILES string of the molecule is O=C(O)c1cc(Cl)sc1I. The van der Waals surface area contributed by atoms with Gasteiger partial charge in [0.1, 0.15) is 0 Å². The van der Waals surface area contributed by atoms with E-state index in [9.17, 15) is 4.79 Å². The Morgan fingerprint density at radius 3 is 2.60 bits per heavy atom. The average Bonchev–Trinajstić information content (AvgIpc) is 2.10. The van der Waals surface area contributed by atoms with Crippen LogP contribution < -0.4 is 0 Å². The molecule has 0 aromatic carbocycles. The Morgan fingerprint density at radius 1 is 1.80 bits per heavy atom. The Bertz CT molecular complexity index is 271. The second-order valence-corrected chi connectivity index (χ2v) is 5.04. The van der Waals surface area contributed by atoms with Crippen molar-refractivity contribution in [3.8, 4) is 0 Å². The monoisotopic (exact) mass is 288 g/mol. The van der Waals surface area contributed by atoms with Gasteiger partial charge in [-0.25, -0.2) is 4.79 Å². The Labute approximate surface area is 80.0 Å². The molecule has 0 radical (unpaired) electrons. The van der Waals surface area contributed by atoms with Crippen LogP contribution in [-0.4, -0.2) is 11.1 Å². The maximum absolute atomic E-state index is 10.4. The molecule has 0 saturated heterocycles. The summed E-state index contributed by atoms with van der Waals surface area (Å²) in [7, 11) is 0. The van der Waals surface area contributed by atoms with Crippen LogP contribution in [0, 0.1) is 2.88 Å². The first kappa shape index (κ1) is 8.29. The molecule has 0 atom stereocenters. The van der Waals surface area contributed by atoms with E-state index < -0.39 is 5.97 Å². The number of carbonyl (C=O) groups is 1. The van der Waals surface area contributed by atoms with Crippen LogP contribution in [0.3, 0.4) is 0 Å². The van der Waals surface area contributed by atoms with E-state index in [0.29, 0.717) is 4.34 Å². The molecule has 0 aliphatic heterocycles. The summed E-state index contributed by atoms with van der Waals surface area (Å²) in [5, 5.41) is 8.52. The summed E-state index contributed by atoms with van der Waals surface area (Å²) in [5.74, 6) is -0.924. The molecule has 0 aliphatic rings. The molecule has 0 saturated carbocycles. The van der Waals surface area contributed by atoms with Crippen molar-refractivity contribution in [3.05, 3.63) is 18.9 Å². The molecule has 0 bridgehead atoms. The molecule has 0 amide bonds. The highest BCUT2D eigenvalue weighted by atomic mass is 127. The van der Waals surface area contributed by atoms with Crippen LogP contribution in [0.15, 0.2) is 6.07 Å². The summed E-state index contributed by atoms with van der Waals surface area (Å²) in [6.07, 6.45) is 0. The second kappa shape index (κ2) is 3.06. The lowest BCUT2D eigenvalue weighted by Crippen LogP contribution is -1.94. The van der Waals surface area contributed by atoms with Crippen molar-refractivity contribution in [2.24, 2.45) is 0 Å². The number of hydrogen-bond acceptors (Lipinski definition) is 2. The van der Waals surface area contributed by atoms with Crippen LogP contribution in [0.25, 0.3) is 0 Å². The number of rotatable bonds is 1. The second-order valence-electron chi connectivity index (χ2n) is 1.54. The number of halogens is 2. The molecule has 10 heavy (non-hydrogen) atoms. The first-order chi connectivity index (χ1) is 4.61. The third-order valence-corrected chi connectivity index (χ3v) is 3.18. The number of thiophene rings is 1. The van der Waals surface area contributed by atoms with Gasteiger partial charge in [-0.15, -0.1) is 11.3 Å². The van der Waals surface area contributed by atoms with E-state index in [0.717, 1.165) is 2.88 Å². The lowest BCUT2D eigenvalue weighted by atomic mass is 10.4. The van der Waals surface area contributed by atoms with Crippen molar-refractivity contribution in [1.82, 2.24) is 0 Å². The van der Waals surface area contributed by atoms with E-state index >= 15 is 0 Å². The van der Waals surface area contributed by atoms with Gasteiger partial charge in [0.25, 0.3) is 0 Å². The summed E-state index contributed by atoms with van der Waals surface area (Å²) >= 11 is 8.78. The zero-order valence-corrected chi connectivity index (χ0v) is 8.33. The van der Waals surface area contributed by atoms with Crippen molar-refractivity contribution >= 4 is 51.5 Å². The van der Waals surface area contributed by atoms with E-state index in [1.54, 1.807) is 0 Å². The molecule has 1 aromatic rings. The van der Waals surface area contributed by atoms with Crippen LogP contribution in [-0.2, 0) is 0 Å². The zero-order valence-electron chi connectivity index (χ0n) is 4.60. The Hall–Kier alpha value is 0.190. The van der Waals surface area contributed by atoms with Gasteiger partial charge in [0.15, 0.2) is 0 Å². The lowest BCUT2D eigenvalue weighted by Gasteiger charge is -1.84. The molecule has 1 heterocycles. The largest absolute Gasteiger partial charge is 0.478 e. The lowest BCUT2D eigenvalue weighted by molar-refractivity contribution is 0.0696. The predicted molar refractivity (Wildman–Crippen MR) is 49.0 cm³/mol. The molecule has 1 rings (SSSR count). The van der Waals surface area contributed by atoms with Crippen LogP contribution in [0.5, 0.6) is 0 Å². The fourth-order valence-corrected chi connectivity index (χ4v) is 2.92. The summed E-state index contributed by atoms with van der Waals surface area (Å²) in [4.78, 5) is 10.4. The molecule has 0 aliphatic carbocycles. The maximum Gasteiger partial charge on any atom is 0.337 e. The van der Waals surface area contributed by atoms with E-state index in [1.807, 2.05) is 22.6 Å². The van der Waals surface area contributed by atoms with Gasteiger partial charge in [-0.05, 0) is 28.7 Å². The Balaban J connectivity index is 3.15. The van der Waals surface area contributed by atoms with Crippen molar-refractivity contribution < 1.29 is 9.90 Å². The third-order valence-electron chi connectivity index (χ3n) is 0.887. The maximum atomic E-state index is 10.4. The molecule has 1 aromatic heterocycles. The molecule has 0 unspecified atom stereocenters. The van der Waals surface area contributed by atoms with E-state index in [2.05, 4.69) is 0 Å². The molecule has 5 heteroatoms. The smallest absolute Gasteiger partial charge is 0.337 e. The highest BCUT2D eigenvalue weighted by molar-refractivity contribution is 14.1. The average molecular weight is 288 g/mol. The highest BCUT2D eigenvalue weighted by Crippen LogP contribution is 2.27. The standard InChI is InChI=1S/C5H2ClIO2S/c6-3-1-2(5(8)9)4(7)10-3/h1H,(H,8,9). The minimum atomic E-state index is -0.924. The van der Waals surface area contributed by atoms with E-state index in [4.69, 9.17) is 16.7 Å². The quantitative estimate of drug-likeness (QED) is 0.807.